The summed E-state index contributed by atoms with van der Waals surface area (Å²) in [5.74, 6) is -0.689. The van der Waals surface area contributed by atoms with Crippen molar-refractivity contribution in [2.75, 3.05) is 20.6 Å². The number of benzene rings is 1. The van der Waals surface area contributed by atoms with Gasteiger partial charge in [-0.05, 0) is 36.5 Å². The number of hydrogen-bond acceptors (Lipinski definition) is 3. The van der Waals surface area contributed by atoms with Crippen molar-refractivity contribution in [2.24, 2.45) is 0 Å². The Morgan fingerprint density at radius 1 is 1.39 bits per heavy atom. The Hall–Kier alpha value is -1.39. The third-order valence-corrected chi connectivity index (χ3v) is 3.94. The van der Waals surface area contributed by atoms with Crippen LogP contribution in [0, 0.1) is 0 Å². The Morgan fingerprint density at radius 2 is 2.11 bits per heavy atom. The second kappa shape index (κ2) is 5.50. The number of rotatable bonds is 5. The van der Waals surface area contributed by atoms with Crippen LogP contribution in [0.25, 0.3) is 10.1 Å². The van der Waals surface area contributed by atoms with E-state index in [1.807, 2.05) is 31.1 Å². The number of hydrogen-bond donors (Lipinski definition) is 1. The van der Waals surface area contributed by atoms with Crippen LogP contribution in [0.2, 0.25) is 0 Å². The third-order valence-electron chi connectivity index (χ3n) is 2.96. The summed E-state index contributed by atoms with van der Waals surface area (Å²) in [6.07, 6.45) is 0.179. The van der Waals surface area contributed by atoms with Crippen LogP contribution in [-0.4, -0.2) is 36.6 Å². The Bertz CT molecular complexity index is 547. The van der Waals surface area contributed by atoms with Crippen LogP contribution in [0.15, 0.2) is 29.6 Å². The van der Waals surface area contributed by atoms with E-state index in [-0.39, 0.29) is 12.3 Å². The number of nitrogens with zero attached hydrogens (tertiary/aromatic N) is 1. The molecule has 18 heavy (non-hydrogen) atoms. The number of likely N-dealkylation sites (N-methyl/N-ethyl adjacent to an activating group) is 1. The van der Waals surface area contributed by atoms with Crippen molar-refractivity contribution in [1.29, 1.82) is 0 Å². The molecule has 3 nitrogen and oxygen atoms in total. The number of thiophene rings is 1. The van der Waals surface area contributed by atoms with Gasteiger partial charge < -0.3 is 10.0 Å². The molecule has 1 unspecified atom stereocenters. The Balaban J connectivity index is 2.37. The highest BCUT2D eigenvalue weighted by atomic mass is 32.1. The molecule has 0 radical (unpaired) electrons. The van der Waals surface area contributed by atoms with Crippen molar-refractivity contribution in [2.45, 2.75) is 12.3 Å². The molecule has 96 valence electrons. The zero-order valence-electron chi connectivity index (χ0n) is 10.6. The first kappa shape index (κ1) is 13.1. The van der Waals surface area contributed by atoms with E-state index < -0.39 is 5.97 Å². The molecular formula is C14H17NO2S. The first-order valence-corrected chi connectivity index (χ1v) is 6.78. The van der Waals surface area contributed by atoms with Gasteiger partial charge in [-0.25, -0.2) is 0 Å². The van der Waals surface area contributed by atoms with Gasteiger partial charge in [-0.1, -0.05) is 18.2 Å². The highest BCUT2D eigenvalue weighted by Crippen LogP contribution is 2.33. The smallest absolute Gasteiger partial charge is 0.304 e. The molecule has 4 heteroatoms. The van der Waals surface area contributed by atoms with E-state index in [9.17, 15) is 4.79 Å². The van der Waals surface area contributed by atoms with Crippen LogP contribution in [-0.2, 0) is 4.79 Å². The molecule has 0 aliphatic carbocycles. The largest absolute Gasteiger partial charge is 0.481 e. The van der Waals surface area contributed by atoms with E-state index in [0.29, 0.717) is 0 Å². The highest BCUT2D eigenvalue weighted by Gasteiger charge is 2.19. The van der Waals surface area contributed by atoms with Crippen LogP contribution >= 0.6 is 11.3 Å². The molecule has 0 spiro atoms. The van der Waals surface area contributed by atoms with Crippen LogP contribution in [0.3, 0.4) is 0 Å². The summed E-state index contributed by atoms with van der Waals surface area (Å²) < 4.78 is 1.22. The molecule has 0 saturated heterocycles. The summed E-state index contributed by atoms with van der Waals surface area (Å²) in [5, 5.41) is 12.3. The van der Waals surface area contributed by atoms with Crippen molar-refractivity contribution < 1.29 is 9.90 Å². The van der Waals surface area contributed by atoms with Crippen molar-refractivity contribution in [3.63, 3.8) is 0 Å². The van der Waals surface area contributed by atoms with Gasteiger partial charge in [-0.3, -0.25) is 4.79 Å². The van der Waals surface area contributed by atoms with Crippen LogP contribution in [0.1, 0.15) is 17.9 Å². The van der Waals surface area contributed by atoms with Gasteiger partial charge in [0.2, 0.25) is 0 Å². The minimum atomic E-state index is -0.739. The average molecular weight is 263 g/mol. The van der Waals surface area contributed by atoms with Gasteiger partial charge >= 0.3 is 5.97 Å². The number of fused-ring (bicyclic) bond motifs is 1. The second-order valence-electron chi connectivity index (χ2n) is 4.74. The van der Waals surface area contributed by atoms with Crippen molar-refractivity contribution in [3.8, 4) is 0 Å². The quantitative estimate of drug-likeness (QED) is 0.901. The molecule has 2 aromatic rings. The number of carboxylic acid groups (broad SMARTS) is 1. The summed E-state index contributed by atoms with van der Waals surface area (Å²) in [5.41, 5.74) is 1.16. The number of carboxylic acids is 1. The highest BCUT2D eigenvalue weighted by molar-refractivity contribution is 7.17. The molecule has 0 fully saturated rings. The number of carbonyl (C=O) groups is 1. The standard InChI is InChI=1S/C14H17NO2S/c1-15(2)8-10(7-14(16)17)12-9-18-13-6-4-3-5-11(12)13/h3-6,9-10H,7-8H2,1-2H3,(H,16,17). The predicted molar refractivity (Wildman–Crippen MR) is 75.4 cm³/mol. The topological polar surface area (TPSA) is 40.5 Å². The summed E-state index contributed by atoms with van der Waals surface area (Å²) >= 11 is 1.68. The molecule has 1 atom stereocenters. The SMILES string of the molecule is CN(C)CC(CC(=O)O)c1csc2ccccc12. The maximum Gasteiger partial charge on any atom is 0.304 e. The minimum Gasteiger partial charge on any atom is -0.481 e. The van der Waals surface area contributed by atoms with Gasteiger partial charge in [0.1, 0.15) is 0 Å². The molecule has 1 N–H and O–H groups in total. The van der Waals surface area contributed by atoms with Gasteiger partial charge in [-0.15, -0.1) is 11.3 Å². The second-order valence-corrected chi connectivity index (χ2v) is 5.66. The Labute approximate surface area is 111 Å². The molecule has 0 aliphatic rings. The normalized spacial score (nSPS) is 13.1. The van der Waals surface area contributed by atoms with Gasteiger partial charge in [0.05, 0.1) is 6.42 Å². The monoisotopic (exact) mass is 263 g/mol. The number of aliphatic carboxylic acids is 1. The van der Waals surface area contributed by atoms with Crippen molar-refractivity contribution in [3.05, 3.63) is 35.2 Å². The fraction of sp³-hybridized carbons (Fsp3) is 0.357. The molecule has 1 heterocycles. The van der Waals surface area contributed by atoms with E-state index in [0.717, 1.165) is 12.1 Å². The summed E-state index contributed by atoms with van der Waals surface area (Å²) in [4.78, 5) is 13.0. The Kier molecular flexibility index (Phi) is 3.99. The van der Waals surface area contributed by atoms with E-state index in [1.165, 1.54) is 10.1 Å². The lowest BCUT2D eigenvalue weighted by atomic mass is 9.95. The van der Waals surface area contributed by atoms with Gasteiger partial charge in [-0.2, -0.15) is 0 Å². The van der Waals surface area contributed by atoms with Crippen molar-refractivity contribution >= 4 is 27.4 Å². The summed E-state index contributed by atoms with van der Waals surface area (Å²) in [7, 11) is 3.95. The molecule has 1 aromatic carbocycles. The van der Waals surface area contributed by atoms with Crippen molar-refractivity contribution in [1.82, 2.24) is 4.90 Å². The molecule has 0 saturated carbocycles. The lowest BCUT2D eigenvalue weighted by Gasteiger charge is -2.19. The third kappa shape index (κ3) is 2.89. The molecule has 1 aromatic heterocycles. The average Bonchev–Trinajstić information content (AvgIpc) is 2.70. The molecule has 2 rings (SSSR count). The van der Waals surface area contributed by atoms with Crippen LogP contribution in [0.5, 0.6) is 0 Å². The van der Waals surface area contributed by atoms with Gasteiger partial charge in [0.15, 0.2) is 0 Å². The zero-order chi connectivity index (χ0) is 13.1. The van der Waals surface area contributed by atoms with E-state index >= 15 is 0 Å². The zero-order valence-corrected chi connectivity index (χ0v) is 11.4. The maximum atomic E-state index is 11.0. The molecule has 0 bridgehead atoms. The van der Waals surface area contributed by atoms with Crippen LogP contribution < -0.4 is 0 Å². The minimum absolute atomic E-state index is 0.0497. The van der Waals surface area contributed by atoms with Crippen LogP contribution in [0.4, 0.5) is 0 Å². The van der Waals surface area contributed by atoms with Gasteiger partial charge in [0.25, 0.3) is 0 Å². The lowest BCUT2D eigenvalue weighted by molar-refractivity contribution is -0.137. The van der Waals surface area contributed by atoms with E-state index in [1.54, 1.807) is 11.3 Å². The Morgan fingerprint density at radius 3 is 2.78 bits per heavy atom. The van der Waals surface area contributed by atoms with Gasteiger partial charge in [0, 0.05) is 17.2 Å². The van der Waals surface area contributed by atoms with E-state index in [2.05, 4.69) is 17.5 Å². The van der Waals surface area contributed by atoms with E-state index in [4.69, 9.17) is 5.11 Å². The molecule has 0 aliphatic heterocycles. The maximum absolute atomic E-state index is 11.0. The fourth-order valence-electron chi connectivity index (χ4n) is 2.24. The lowest BCUT2D eigenvalue weighted by Crippen LogP contribution is -2.22. The first-order valence-electron chi connectivity index (χ1n) is 5.90. The summed E-state index contributed by atoms with van der Waals surface area (Å²) in [6.45, 7) is 0.757. The first-order chi connectivity index (χ1) is 8.58. The predicted octanol–water partition coefficient (Wildman–Crippen LogP) is 3.02. The molecule has 0 amide bonds. The fourth-order valence-corrected chi connectivity index (χ4v) is 3.28. The summed E-state index contributed by atoms with van der Waals surface area (Å²) in [6, 6.07) is 8.18. The molecular weight excluding hydrogens is 246 g/mol.